The summed E-state index contributed by atoms with van der Waals surface area (Å²) < 4.78 is 14.6. The van der Waals surface area contributed by atoms with Crippen LogP contribution in [0.5, 0.6) is 0 Å². The van der Waals surface area contributed by atoms with E-state index in [0.717, 1.165) is 36.9 Å². The van der Waals surface area contributed by atoms with E-state index in [1.807, 2.05) is 0 Å². The monoisotopic (exact) mass is 288 g/mol. The molecule has 2 fully saturated rings. The molecule has 3 aliphatic rings. The summed E-state index contributed by atoms with van der Waals surface area (Å²) in [6, 6.07) is 3.93. The van der Waals surface area contributed by atoms with Crippen molar-refractivity contribution in [2.24, 2.45) is 5.92 Å². The van der Waals surface area contributed by atoms with Crippen LogP contribution in [0.15, 0.2) is 12.1 Å². The number of carbonyl (C=O) groups is 1. The fourth-order valence-corrected chi connectivity index (χ4v) is 3.96. The SMILES string of the molecule is C[C@H]1CCC(c2cc(F)c3c(c2)C2(CC2)C(=O)N3C)NC1. The zero-order valence-electron chi connectivity index (χ0n) is 12.6. The number of anilines is 1. The van der Waals surface area contributed by atoms with Gasteiger partial charge >= 0.3 is 0 Å². The Bertz CT molecular complexity index is 615. The summed E-state index contributed by atoms with van der Waals surface area (Å²) in [6.45, 7) is 3.21. The van der Waals surface area contributed by atoms with Gasteiger partial charge in [-0.05, 0) is 55.3 Å². The van der Waals surface area contributed by atoms with E-state index in [4.69, 9.17) is 0 Å². The number of piperidine rings is 1. The maximum atomic E-state index is 14.6. The lowest BCUT2D eigenvalue weighted by molar-refractivity contribution is -0.119. The molecule has 0 aromatic heterocycles. The molecule has 4 rings (SSSR count). The van der Waals surface area contributed by atoms with Gasteiger partial charge in [0.25, 0.3) is 0 Å². The number of nitrogens with zero attached hydrogens (tertiary/aromatic N) is 1. The Morgan fingerprint density at radius 2 is 2.10 bits per heavy atom. The van der Waals surface area contributed by atoms with Crippen LogP contribution >= 0.6 is 0 Å². The summed E-state index contributed by atoms with van der Waals surface area (Å²) >= 11 is 0. The van der Waals surface area contributed by atoms with E-state index in [-0.39, 0.29) is 17.8 Å². The maximum Gasteiger partial charge on any atom is 0.237 e. The van der Waals surface area contributed by atoms with Crippen molar-refractivity contribution in [2.45, 2.75) is 44.1 Å². The van der Waals surface area contributed by atoms with E-state index >= 15 is 0 Å². The van der Waals surface area contributed by atoms with Crippen LogP contribution < -0.4 is 10.2 Å². The molecule has 0 bridgehead atoms. The van der Waals surface area contributed by atoms with Crippen LogP contribution in [0.3, 0.4) is 0 Å². The van der Waals surface area contributed by atoms with Gasteiger partial charge in [-0.3, -0.25) is 4.79 Å². The molecule has 2 aliphatic heterocycles. The van der Waals surface area contributed by atoms with Crippen molar-refractivity contribution in [2.75, 3.05) is 18.5 Å². The summed E-state index contributed by atoms with van der Waals surface area (Å²) in [6.07, 6.45) is 3.93. The van der Waals surface area contributed by atoms with Gasteiger partial charge in [0.2, 0.25) is 5.91 Å². The third-order valence-electron chi connectivity index (χ3n) is 5.46. The molecule has 1 N–H and O–H groups in total. The number of rotatable bonds is 1. The van der Waals surface area contributed by atoms with Crippen molar-refractivity contribution in [1.29, 1.82) is 0 Å². The number of nitrogens with one attached hydrogen (secondary N) is 1. The minimum absolute atomic E-state index is 0.0683. The minimum atomic E-state index is -0.400. The molecule has 1 aliphatic carbocycles. The van der Waals surface area contributed by atoms with Crippen LogP contribution in [0.2, 0.25) is 0 Å². The molecular formula is C17H21FN2O. The average molecular weight is 288 g/mol. The van der Waals surface area contributed by atoms with Gasteiger partial charge in [-0.25, -0.2) is 4.39 Å². The molecule has 1 amide bonds. The number of fused-ring (bicyclic) bond motifs is 2. The number of likely N-dealkylation sites (N-methyl/N-ethyl adjacent to an activating group) is 1. The molecule has 2 atom stereocenters. The summed E-state index contributed by atoms with van der Waals surface area (Å²) in [5, 5.41) is 3.51. The van der Waals surface area contributed by atoms with E-state index in [0.29, 0.717) is 11.6 Å². The normalized spacial score (nSPS) is 29.9. The first-order valence-corrected chi connectivity index (χ1v) is 7.88. The fourth-order valence-electron chi connectivity index (χ4n) is 3.96. The Balaban J connectivity index is 1.75. The predicted molar refractivity (Wildman–Crippen MR) is 79.9 cm³/mol. The third-order valence-corrected chi connectivity index (χ3v) is 5.46. The predicted octanol–water partition coefficient (Wildman–Crippen LogP) is 2.89. The Morgan fingerprint density at radius 3 is 2.71 bits per heavy atom. The number of hydrogen-bond acceptors (Lipinski definition) is 2. The second-order valence-corrected chi connectivity index (χ2v) is 6.99. The zero-order valence-corrected chi connectivity index (χ0v) is 12.6. The van der Waals surface area contributed by atoms with Crippen LogP contribution in [-0.2, 0) is 10.2 Å². The molecule has 4 heteroatoms. The second kappa shape index (κ2) is 4.29. The van der Waals surface area contributed by atoms with E-state index in [1.54, 1.807) is 13.1 Å². The Labute approximate surface area is 124 Å². The first kappa shape index (κ1) is 13.3. The Kier molecular flexibility index (Phi) is 2.71. The van der Waals surface area contributed by atoms with Crippen molar-refractivity contribution < 1.29 is 9.18 Å². The maximum absolute atomic E-state index is 14.6. The molecule has 2 heterocycles. The van der Waals surface area contributed by atoms with Crippen LogP contribution in [0.4, 0.5) is 10.1 Å². The van der Waals surface area contributed by atoms with Crippen molar-refractivity contribution in [3.63, 3.8) is 0 Å². The van der Waals surface area contributed by atoms with Gasteiger partial charge in [0, 0.05) is 13.1 Å². The lowest BCUT2D eigenvalue weighted by Gasteiger charge is -2.28. The third kappa shape index (κ3) is 1.78. The molecule has 1 unspecified atom stereocenters. The summed E-state index contributed by atoms with van der Waals surface area (Å²) in [7, 11) is 1.69. The number of benzene rings is 1. The molecule has 1 saturated carbocycles. The van der Waals surface area contributed by atoms with E-state index in [2.05, 4.69) is 18.3 Å². The number of carbonyl (C=O) groups excluding carboxylic acids is 1. The van der Waals surface area contributed by atoms with Gasteiger partial charge in [-0.1, -0.05) is 13.0 Å². The molecule has 1 spiro atoms. The van der Waals surface area contributed by atoms with Crippen molar-refractivity contribution >= 4 is 11.6 Å². The molecule has 1 saturated heterocycles. The highest BCUT2D eigenvalue weighted by Gasteiger charge is 2.59. The molecule has 1 aromatic carbocycles. The largest absolute Gasteiger partial charge is 0.312 e. The molecular weight excluding hydrogens is 267 g/mol. The topological polar surface area (TPSA) is 32.3 Å². The van der Waals surface area contributed by atoms with Crippen molar-refractivity contribution in [3.8, 4) is 0 Å². The van der Waals surface area contributed by atoms with E-state index < -0.39 is 5.41 Å². The Hall–Kier alpha value is -1.42. The lowest BCUT2D eigenvalue weighted by atomic mass is 9.89. The lowest BCUT2D eigenvalue weighted by Crippen LogP contribution is -2.32. The summed E-state index contributed by atoms with van der Waals surface area (Å²) in [5.41, 5.74) is 2.03. The van der Waals surface area contributed by atoms with E-state index in [9.17, 15) is 9.18 Å². The van der Waals surface area contributed by atoms with Crippen molar-refractivity contribution in [3.05, 3.63) is 29.1 Å². The van der Waals surface area contributed by atoms with Crippen LogP contribution in [0.1, 0.15) is 49.8 Å². The van der Waals surface area contributed by atoms with Crippen molar-refractivity contribution in [1.82, 2.24) is 5.32 Å². The molecule has 1 aromatic rings. The standard InChI is InChI=1S/C17H21FN2O/c1-10-3-4-14(19-9-10)11-7-12-15(13(18)8-11)20(2)16(21)17(12)5-6-17/h7-8,10,14,19H,3-6,9H2,1-2H3/t10-,14?/m0/s1. The molecule has 3 nitrogen and oxygen atoms in total. The van der Waals surface area contributed by atoms with Gasteiger partial charge in [-0.15, -0.1) is 0 Å². The first-order valence-electron chi connectivity index (χ1n) is 7.88. The molecule has 0 radical (unpaired) electrons. The van der Waals surface area contributed by atoms with E-state index in [1.165, 1.54) is 11.3 Å². The highest BCUT2D eigenvalue weighted by atomic mass is 19.1. The summed E-state index contributed by atoms with van der Waals surface area (Å²) in [5.74, 6) is 0.504. The highest BCUT2D eigenvalue weighted by molar-refractivity contribution is 6.10. The first-order chi connectivity index (χ1) is 10.0. The van der Waals surface area contributed by atoms with Crippen LogP contribution in [0, 0.1) is 11.7 Å². The van der Waals surface area contributed by atoms with Crippen LogP contribution in [0.25, 0.3) is 0 Å². The van der Waals surface area contributed by atoms with Gasteiger partial charge in [0.05, 0.1) is 11.1 Å². The molecule has 21 heavy (non-hydrogen) atoms. The van der Waals surface area contributed by atoms with Gasteiger partial charge in [0.15, 0.2) is 0 Å². The number of amides is 1. The highest BCUT2D eigenvalue weighted by Crippen LogP contribution is 2.58. The van der Waals surface area contributed by atoms with Gasteiger partial charge in [0.1, 0.15) is 5.82 Å². The quantitative estimate of drug-likeness (QED) is 0.862. The smallest absolute Gasteiger partial charge is 0.237 e. The van der Waals surface area contributed by atoms with Crippen LogP contribution in [-0.4, -0.2) is 19.5 Å². The second-order valence-electron chi connectivity index (χ2n) is 6.99. The number of halogens is 1. The van der Waals surface area contributed by atoms with Gasteiger partial charge < -0.3 is 10.2 Å². The fraction of sp³-hybridized carbons (Fsp3) is 0.588. The Morgan fingerprint density at radius 1 is 1.33 bits per heavy atom. The number of hydrogen-bond donors (Lipinski definition) is 1. The zero-order chi connectivity index (χ0) is 14.8. The average Bonchev–Trinajstić information content (AvgIpc) is 3.23. The summed E-state index contributed by atoms with van der Waals surface area (Å²) in [4.78, 5) is 13.9. The molecule has 112 valence electrons. The van der Waals surface area contributed by atoms with Gasteiger partial charge in [-0.2, -0.15) is 0 Å². The minimum Gasteiger partial charge on any atom is -0.312 e.